The minimum atomic E-state index is -0.759. The zero-order valence-electron chi connectivity index (χ0n) is 5.55. The Balaban J connectivity index is 3.39. The van der Waals surface area contributed by atoms with Crippen LogP contribution in [0.5, 0.6) is 0 Å². The summed E-state index contributed by atoms with van der Waals surface area (Å²) in [5.74, 6) is 1.55. The standard InChI is InChI=1S/C5H10OS3/c1-3-8-5(7)4-9(2)6/h3-4H2,1-2H3. The minimum absolute atomic E-state index is 0.563. The van der Waals surface area contributed by atoms with E-state index in [-0.39, 0.29) is 0 Å². The van der Waals surface area contributed by atoms with E-state index < -0.39 is 10.8 Å². The minimum Gasteiger partial charge on any atom is -0.259 e. The normalized spacial score (nSPS) is 13.1. The zero-order chi connectivity index (χ0) is 7.28. The molecule has 1 atom stereocenters. The van der Waals surface area contributed by atoms with Gasteiger partial charge in [-0.2, -0.15) is 0 Å². The van der Waals surface area contributed by atoms with Crippen LogP contribution in [0, 0.1) is 0 Å². The van der Waals surface area contributed by atoms with Gasteiger partial charge in [-0.3, -0.25) is 4.21 Å². The molecule has 0 heterocycles. The topological polar surface area (TPSA) is 17.1 Å². The molecule has 4 heteroatoms. The lowest BCUT2D eigenvalue weighted by molar-refractivity contribution is 0.689. The van der Waals surface area contributed by atoms with Crippen molar-refractivity contribution in [2.45, 2.75) is 6.92 Å². The van der Waals surface area contributed by atoms with Gasteiger partial charge >= 0.3 is 0 Å². The van der Waals surface area contributed by atoms with Gasteiger partial charge in [0.25, 0.3) is 0 Å². The summed E-state index contributed by atoms with van der Waals surface area (Å²) < 4.78 is 11.4. The molecule has 1 nitrogen and oxygen atoms in total. The van der Waals surface area contributed by atoms with Crippen LogP contribution in [0.4, 0.5) is 0 Å². The van der Waals surface area contributed by atoms with E-state index in [1.807, 2.05) is 6.92 Å². The highest BCUT2D eigenvalue weighted by Gasteiger charge is 1.97. The maximum absolute atomic E-state index is 10.5. The van der Waals surface area contributed by atoms with Crippen LogP contribution in [0.3, 0.4) is 0 Å². The first-order chi connectivity index (χ1) is 4.16. The first-order valence-electron chi connectivity index (χ1n) is 2.62. The monoisotopic (exact) mass is 182 g/mol. The second kappa shape index (κ2) is 5.38. The van der Waals surface area contributed by atoms with Gasteiger partial charge in [-0.05, 0) is 5.75 Å². The molecule has 0 aliphatic rings. The number of rotatable bonds is 3. The van der Waals surface area contributed by atoms with E-state index in [1.54, 1.807) is 18.0 Å². The highest BCUT2D eigenvalue weighted by atomic mass is 32.2. The van der Waals surface area contributed by atoms with Crippen LogP contribution < -0.4 is 0 Å². The molecule has 0 bridgehead atoms. The third-order valence-corrected chi connectivity index (χ3v) is 2.94. The first kappa shape index (κ1) is 9.59. The van der Waals surface area contributed by atoms with Crippen LogP contribution >= 0.6 is 24.0 Å². The van der Waals surface area contributed by atoms with Crippen LogP contribution in [0.2, 0.25) is 0 Å². The molecule has 54 valence electrons. The summed E-state index contributed by atoms with van der Waals surface area (Å²) in [6, 6.07) is 0. The Hall–Kier alpha value is 0.590. The lowest BCUT2D eigenvalue weighted by atomic mass is 10.9. The van der Waals surface area contributed by atoms with E-state index in [1.165, 1.54) is 0 Å². The Morgan fingerprint density at radius 2 is 2.33 bits per heavy atom. The molecule has 1 unspecified atom stereocenters. The van der Waals surface area contributed by atoms with Gasteiger partial charge < -0.3 is 0 Å². The molecule has 0 aromatic heterocycles. The molecule has 0 aliphatic heterocycles. The van der Waals surface area contributed by atoms with Gasteiger partial charge in [-0.15, -0.1) is 11.8 Å². The molecule has 0 aliphatic carbocycles. The van der Waals surface area contributed by atoms with E-state index in [0.717, 1.165) is 9.95 Å². The molecule has 0 fully saturated rings. The van der Waals surface area contributed by atoms with Gasteiger partial charge in [0.05, 0.1) is 9.95 Å². The molecule has 0 saturated heterocycles. The molecule has 0 spiro atoms. The highest BCUT2D eigenvalue weighted by molar-refractivity contribution is 8.24. The van der Waals surface area contributed by atoms with Crippen molar-refractivity contribution in [2.75, 3.05) is 17.8 Å². The fourth-order valence-corrected chi connectivity index (χ4v) is 2.71. The Kier molecular flexibility index (Phi) is 5.73. The summed E-state index contributed by atoms with van der Waals surface area (Å²) >= 11 is 6.50. The maximum Gasteiger partial charge on any atom is 0.0645 e. The third-order valence-electron chi connectivity index (χ3n) is 0.626. The van der Waals surface area contributed by atoms with Crippen LogP contribution in [0.15, 0.2) is 0 Å². The number of thiocarbonyl (C=S) groups is 1. The number of thioether (sulfide) groups is 1. The summed E-state index contributed by atoms with van der Waals surface area (Å²) in [5.41, 5.74) is 0. The molecule has 0 N–H and O–H groups in total. The van der Waals surface area contributed by atoms with Crippen LogP contribution in [0.1, 0.15) is 6.92 Å². The van der Waals surface area contributed by atoms with Gasteiger partial charge in [-0.25, -0.2) is 0 Å². The average molecular weight is 182 g/mol. The van der Waals surface area contributed by atoms with Crippen molar-refractivity contribution in [2.24, 2.45) is 0 Å². The Bertz CT molecular complexity index is 121. The molecular formula is C5H10OS3. The number of hydrogen-bond donors (Lipinski definition) is 0. The molecule has 0 amide bonds. The van der Waals surface area contributed by atoms with E-state index in [0.29, 0.717) is 5.75 Å². The molecular weight excluding hydrogens is 172 g/mol. The molecule has 0 aromatic carbocycles. The van der Waals surface area contributed by atoms with E-state index in [2.05, 4.69) is 0 Å². The van der Waals surface area contributed by atoms with E-state index in [4.69, 9.17) is 12.2 Å². The second-order valence-corrected chi connectivity index (χ2v) is 5.07. The summed E-state index contributed by atoms with van der Waals surface area (Å²) in [5, 5.41) is 0. The molecule has 0 rings (SSSR count). The fourth-order valence-electron chi connectivity index (χ4n) is 0.369. The highest BCUT2D eigenvalue weighted by Crippen LogP contribution is 2.03. The largest absolute Gasteiger partial charge is 0.259 e. The maximum atomic E-state index is 10.5. The average Bonchev–Trinajstić information content (AvgIpc) is 1.63. The van der Waals surface area contributed by atoms with Gasteiger partial charge in [-0.1, -0.05) is 19.1 Å². The van der Waals surface area contributed by atoms with Crippen molar-refractivity contribution in [3.8, 4) is 0 Å². The van der Waals surface area contributed by atoms with Crippen molar-refractivity contribution in [1.29, 1.82) is 0 Å². The predicted molar refractivity (Wildman–Crippen MR) is 49.7 cm³/mol. The summed E-state index contributed by atoms with van der Waals surface area (Å²) in [6.07, 6.45) is 1.67. The predicted octanol–water partition coefficient (Wildman–Crippen LogP) is 1.45. The Morgan fingerprint density at radius 3 is 2.67 bits per heavy atom. The first-order valence-corrected chi connectivity index (χ1v) is 5.74. The van der Waals surface area contributed by atoms with Crippen molar-refractivity contribution in [1.82, 2.24) is 0 Å². The lowest BCUT2D eigenvalue weighted by Gasteiger charge is -1.95. The third kappa shape index (κ3) is 6.48. The SMILES string of the molecule is CCSC(=S)CS(C)=O. The van der Waals surface area contributed by atoms with Gasteiger partial charge in [0.1, 0.15) is 0 Å². The van der Waals surface area contributed by atoms with Crippen molar-refractivity contribution in [3.63, 3.8) is 0 Å². The quantitative estimate of drug-likeness (QED) is 0.615. The zero-order valence-corrected chi connectivity index (χ0v) is 8.00. The summed E-state index contributed by atoms with van der Waals surface area (Å²) in [6.45, 7) is 2.04. The lowest BCUT2D eigenvalue weighted by Crippen LogP contribution is -2.02. The summed E-state index contributed by atoms with van der Waals surface area (Å²) in [7, 11) is -0.759. The molecule has 0 aromatic rings. The van der Waals surface area contributed by atoms with Crippen LogP contribution in [0.25, 0.3) is 0 Å². The van der Waals surface area contributed by atoms with E-state index >= 15 is 0 Å². The van der Waals surface area contributed by atoms with Crippen LogP contribution in [-0.4, -0.2) is 26.2 Å². The van der Waals surface area contributed by atoms with Gasteiger partial charge in [0.15, 0.2) is 0 Å². The van der Waals surface area contributed by atoms with E-state index in [9.17, 15) is 4.21 Å². The Labute approximate surface area is 68.1 Å². The van der Waals surface area contributed by atoms with Crippen molar-refractivity contribution < 1.29 is 4.21 Å². The fraction of sp³-hybridized carbons (Fsp3) is 0.800. The van der Waals surface area contributed by atoms with Gasteiger partial charge in [0, 0.05) is 17.1 Å². The van der Waals surface area contributed by atoms with Crippen LogP contribution in [-0.2, 0) is 10.8 Å². The van der Waals surface area contributed by atoms with Crippen molar-refractivity contribution in [3.05, 3.63) is 0 Å². The number of hydrogen-bond acceptors (Lipinski definition) is 3. The summed E-state index contributed by atoms with van der Waals surface area (Å²) in [4.78, 5) is 0. The second-order valence-electron chi connectivity index (χ2n) is 1.52. The molecule has 9 heavy (non-hydrogen) atoms. The van der Waals surface area contributed by atoms with Crippen molar-refractivity contribution >= 4 is 39.0 Å². The smallest absolute Gasteiger partial charge is 0.0645 e. The van der Waals surface area contributed by atoms with Gasteiger partial charge in [0.2, 0.25) is 0 Å². The molecule has 0 radical (unpaired) electrons. The Morgan fingerprint density at radius 1 is 1.78 bits per heavy atom. The molecule has 0 saturated carbocycles.